The zero-order valence-electron chi connectivity index (χ0n) is 23.3. The number of nitrogens with two attached hydrogens (primary N) is 1. The highest BCUT2D eigenvalue weighted by atomic mass is 16.3. The molecule has 1 amide bonds. The van der Waals surface area contributed by atoms with Crippen molar-refractivity contribution in [2.75, 3.05) is 27.7 Å². The molecule has 0 bridgehead atoms. The number of aliphatic hydroxyl groups excluding tert-OH is 2. The van der Waals surface area contributed by atoms with Gasteiger partial charge in [0.2, 0.25) is 0 Å². The molecular formula is C31H34N4O6. The first-order chi connectivity index (χ1) is 19.5. The van der Waals surface area contributed by atoms with Gasteiger partial charge in [-0.2, -0.15) is 0 Å². The lowest BCUT2D eigenvalue weighted by molar-refractivity contribution is -0.127. The number of aromatic hydroxyl groups is 1. The number of fused-ring (bicyclic) bond motifs is 3. The molecule has 3 unspecified atom stereocenters. The van der Waals surface area contributed by atoms with Crippen LogP contribution in [0.1, 0.15) is 27.9 Å². The Morgan fingerprint density at radius 2 is 1.88 bits per heavy atom. The maximum absolute atomic E-state index is 13.9. The van der Waals surface area contributed by atoms with E-state index in [1.807, 2.05) is 19.2 Å². The van der Waals surface area contributed by atoms with Crippen LogP contribution in [0.3, 0.4) is 0 Å². The molecule has 3 aliphatic rings. The molecule has 4 atom stereocenters. The Balaban J connectivity index is 1.61. The number of Topliss-reactive ketones (excluding diaryl/α,β-unsaturated/α-hetero) is 2. The third kappa shape index (κ3) is 4.62. The Bertz CT molecular complexity index is 1540. The van der Waals surface area contributed by atoms with Gasteiger partial charge in [-0.1, -0.05) is 12.1 Å². The average Bonchev–Trinajstić information content (AvgIpc) is 2.88. The van der Waals surface area contributed by atoms with Gasteiger partial charge in [-0.15, -0.1) is 6.58 Å². The standard InChI is InChI=1S/C31H34N4O6/c1-5-8-35(4)14-15-9-17(13-33-12-15)18-6-7-21(36)23-19(18)10-16-11-20-24(28(38)22(16)27(23)37)29(39)25(31(32)41)30(40)26(20)34(2)3/h5-7,9,12-13,16,20,24,26,36,38,40H,1,8,10-11,14H2,2-4H3,(H2,32,41)/t16?,20?,24?,26-/m1/s1. The molecule has 1 aromatic heterocycles. The summed E-state index contributed by atoms with van der Waals surface area (Å²) in [5.41, 5.74) is 8.15. The first-order valence-corrected chi connectivity index (χ1v) is 13.5. The van der Waals surface area contributed by atoms with Crippen molar-refractivity contribution in [3.63, 3.8) is 0 Å². The summed E-state index contributed by atoms with van der Waals surface area (Å²) < 4.78 is 0. The molecule has 0 saturated carbocycles. The SMILES string of the molecule is C=CCN(C)Cc1cncc(-c2ccc(O)c3c2CC2CC4C(C(=O)C(C(N)=O)=C(O)[C@@H]4N(C)C)C(O)=C2C3=O)c1. The molecule has 3 aliphatic carbocycles. The van der Waals surface area contributed by atoms with E-state index in [2.05, 4.69) is 16.5 Å². The van der Waals surface area contributed by atoms with Crippen molar-refractivity contribution in [1.82, 2.24) is 14.8 Å². The van der Waals surface area contributed by atoms with Crippen LogP contribution in [-0.4, -0.2) is 81.3 Å². The third-order valence-corrected chi connectivity index (χ3v) is 8.45. The van der Waals surface area contributed by atoms with E-state index in [4.69, 9.17) is 5.73 Å². The molecule has 0 aliphatic heterocycles. The zero-order valence-corrected chi connectivity index (χ0v) is 23.3. The molecule has 0 saturated heterocycles. The predicted octanol–water partition coefficient (Wildman–Crippen LogP) is 2.69. The molecule has 41 heavy (non-hydrogen) atoms. The van der Waals surface area contributed by atoms with E-state index in [0.717, 1.165) is 16.7 Å². The number of amides is 1. The van der Waals surface area contributed by atoms with Crippen LogP contribution < -0.4 is 5.73 Å². The van der Waals surface area contributed by atoms with Gasteiger partial charge < -0.3 is 21.1 Å². The molecule has 1 heterocycles. The van der Waals surface area contributed by atoms with Gasteiger partial charge >= 0.3 is 0 Å². The zero-order chi connectivity index (χ0) is 29.7. The summed E-state index contributed by atoms with van der Waals surface area (Å²) in [4.78, 5) is 47.6. The van der Waals surface area contributed by atoms with Gasteiger partial charge in [0, 0.05) is 36.6 Å². The second-order valence-electron chi connectivity index (χ2n) is 11.4. The lowest BCUT2D eigenvalue weighted by Crippen LogP contribution is -2.53. The van der Waals surface area contributed by atoms with Crippen molar-refractivity contribution < 1.29 is 29.7 Å². The molecule has 214 valence electrons. The highest BCUT2D eigenvalue weighted by molar-refractivity contribution is 6.22. The number of carbonyl (C=O) groups excluding carboxylic acids is 3. The number of carbonyl (C=O) groups is 3. The molecule has 5 N–H and O–H groups in total. The topological polar surface area (TPSA) is 157 Å². The predicted molar refractivity (Wildman–Crippen MR) is 152 cm³/mol. The second kappa shape index (κ2) is 10.6. The normalized spacial score (nSPS) is 23.9. The van der Waals surface area contributed by atoms with Crippen molar-refractivity contribution in [3.05, 3.63) is 82.6 Å². The van der Waals surface area contributed by atoms with Crippen molar-refractivity contribution in [2.24, 2.45) is 23.5 Å². The summed E-state index contributed by atoms with van der Waals surface area (Å²) in [7, 11) is 5.38. The molecule has 0 fully saturated rings. The number of likely N-dealkylation sites (N-methyl/N-ethyl adjacent to an activating group) is 2. The Hall–Kier alpha value is -4.28. The Kier molecular flexibility index (Phi) is 7.31. The number of pyridine rings is 1. The van der Waals surface area contributed by atoms with Crippen LogP contribution >= 0.6 is 0 Å². The number of phenols is 1. The second-order valence-corrected chi connectivity index (χ2v) is 11.4. The highest BCUT2D eigenvalue weighted by Gasteiger charge is 2.54. The van der Waals surface area contributed by atoms with Gasteiger partial charge in [-0.3, -0.25) is 29.2 Å². The maximum Gasteiger partial charge on any atom is 0.255 e. The summed E-state index contributed by atoms with van der Waals surface area (Å²) in [5, 5.41) is 33.2. The Morgan fingerprint density at radius 1 is 1.15 bits per heavy atom. The van der Waals surface area contributed by atoms with Gasteiger partial charge in [0.05, 0.1) is 17.5 Å². The highest BCUT2D eigenvalue weighted by Crippen LogP contribution is 2.51. The van der Waals surface area contributed by atoms with Crippen molar-refractivity contribution in [3.8, 4) is 16.9 Å². The number of hydrogen-bond acceptors (Lipinski definition) is 9. The quantitative estimate of drug-likeness (QED) is 0.296. The van der Waals surface area contributed by atoms with E-state index in [1.165, 1.54) is 6.07 Å². The minimum atomic E-state index is -1.21. The summed E-state index contributed by atoms with van der Waals surface area (Å²) in [6.07, 6.45) is 5.92. The number of aromatic nitrogens is 1. The van der Waals surface area contributed by atoms with E-state index < -0.39 is 58.4 Å². The summed E-state index contributed by atoms with van der Waals surface area (Å²) in [5.74, 6) is -5.82. The molecule has 0 radical (unpaired) electrons. The summed E-state index contributed by atoms with van der Waals surface area (Å²) in [6.45, 7) is 5.12. The number of aliphatic hydroxyl groups is 2. The van der Waals surface area contributed by atoms with Crippen LogP contribution in [-0.2, 0) is 22.6 Å². The van der Waals surface area contributed by atoms with Crippen LogP contribution in [0.2, 0.25) is 0 Å². The molecule has 0 spiro atoms. The van der Waals surface area contributed by atoms with E-state index in [-0.39, 0.29) is 16.9 Å². The third-order valence-electron chi connectivity index (χ3n) is 8.45. The number of phenolic OH excluding ortho intramolecular Hbond substituents is 1. The van der Waals surface area contributed by atoms with E-state index in [9.17, 15) is 29.7 Å². The molecule has 10 nitrogen and oxygen atoms in total. The van der Waals surface area contributed by atoms with E-state index in [0.29, 0.717) is 31.5 Å². The number of primary amides is 1. The maximum atomic E-state index is 13.9. The van der Waals surface area contributed by atoms with E-state index >= 15 is 0 Å². The van der Waals surface area contributed by atoms with Crippen LogP contribution in [0.15, 0.2) is 65.9 Å². The largest absolute Gasteiger partial charge is 0.511 e. The van der Waals surface area contributed by atoms with Crippen molar-refractivity contribution in [2.45, 2.75) is 25.4 Å². The van der Waals surface area contributed by atoms with Crippen molar-refractivity contribution in [1.29, 1.82) is 0 Å². The average molecular weight is 559 g/mol. The Morgan fingerprint density at radius 3 is 2.54 bits per heavy atom. The lowest BCUT2D eigenvalue weighted by atomic mass is 9.60. The van der Waals surface area contributed by atoms with Crippen LogP contribution in [0.5, 0.6) is 5.75 Å². The first kappa shape index (κ1) is 28.3. The van der Waals surface area contributed by atoms with Gasteiger partial charge in [-0.25, -0.2) is 0 Å². The number of benzene rings is 1. The monoisotopic (exact) mass is 558 g/mol. The molecular weight excluding hydrogens is 524 g/mol. The number of nitrogens with zero attached hydrogens (tertiary/aromatic N) is 3. The van der Waals surface area contributed by atoms with Crippen LogP contribution in [0.4, 0.5) is 0 Å². The number of ketones is 2. The Labute approximate surface area is 238 Å². The number of allylic oxidation sites excluding steroid dienone is 2. The summed E-state index contributed by atoms with van der Waals surface area (Å²) in [6, 6.07) is 4.44. The van der Waals surface area contributed by atoms with Gasteiger partial charge in [0.1, 0.15) is 22.8 Å². The first-order valence-electron chi connectivity index (χ1n) is 13.5. The fourth-order valence-electron chi connectivity index (χ4n) is 6.86. The smallest absolute Gasteiger partial charge is 0.255 e. The lowest BCUT2D eigenvalue weighted by Gasteiger charge is -2.46. The fraction of sp³-hybridized carbons (Fsp3) is 0.355. The van der Waals surface area contributed by atoms with E-state index in [1.54, 1.807) is 37.5 Å². The minimum Gasteiger partial charge on any atom is -0.511 e. The molecule has 5 rings (SSSR count). The number of hydrogen-bond donors (Lipinski definition) is 4. The summed E-state index contributed by atoms with van der Waals surface area (Å²) >= 11 is 0. The van der Waals surface area contributed by atoms with Gasteiger partial charge in [0.25, 0.3) is 5.91 Å². The molecule has 1 aromatic carbocycles. The number of rotatable bonds is 7. The molecule has 2 aromatic rings. The minimum absolute atomic E-state index is 0.0557. The van der Waals surface area contributed by atoms with Crippen LogP contribution in [0.25, 0.3) is 11.1 Å². The fourth-order valence-corrected chi connectivity index (χ4v) is 6.86. The van der Waals surface area contributed by atoms with Crippen LogP contribution in [0, 0.1) is 17.8 Å². The van der Waals surface area contributed by atoms with Gasteiger partial charge in [-0.05, 0) is 74.6 Å². The van der Waals surface area contributed by atoms with Crippen molar-refractivity contribution >= 4 is 17.5 Å². The van der Waals surface area contributed by atoms with Gasteiger partial charge in [0.15, 0.2) is 11.6 Å². The molecule has 10 heteroatoms.